The topological polar surface area (TPSA) is 46.0 Å². The highest BCUT2D eigenvalue weighted by Crippen LogP contribution is 2.25. The highest BCUT2D eigenvalue weighted by atomic mass is 15.4. The first-order chi connectivity index (χ1) is 7.79. The van der Waals surface area contributed by atoms with Crippen LogP contribution in [0.5, 0.6) is 0 Å². The van der Waals surface area contributed by atoms with Crippen LogP contribution in [0.15, 0.2) is 6.20 Å². The van der Waals surface area contributed by atoms with Gasteiger partial charge in [0.05, 0.1) is 5.69 Å². The van der Waals surface area contributed by atoms with Gasteiger partial charge in [0.2, 0.25) is 0 Å². The van der Waals surface area contributed by atoms with Crippen LogP contribution in [0.2, 0.25) is 0 Å². The monoisotopic (exact) mass is 223 g/mol. The summed E-state index contributed by atoms with van der Waals surface area (Å²) in [6.45, 7) is 6.39. The molecule has 1 aromatic heterocycles. The van der Waals surface area contributed by atoms with Crippen LogP contribution in [-0.4, -0.2) is 45.6 Å². The Kier molecular flexibility index (Phi) is 3.90. The molecule has 0 saturated heterocycles. The molecule has 1 saturated carbocycles. The van der Waals surface area contributed by atoms with Gasteiger partial charge in [-0.05, 0) is 19.4 Å². The van der Waals surface area contributed by atoms with E-state index in [0.29, 0.717) is 0 Å². The Bertz CT molecular complexity index is 318. The SMILES string of the molecule is CCN(CCNCc1cn(C)nn1)C1CC1. The summed E-state index contributed by atoms with van der Waals surface area (Å²) in [5, 5.41) is 11.3. The number of hydrogen-bond donors (Lipinski definition) is 1. The van der Waals surface area contributed by atoms with E-state index in [1.165, 1.54) is 12.8 Å². The second-order valence-corrected chi connectivity index (χ2v) is 4.42. The molecule has 1 aliphatic carbocycles. The molecule has 1 aromatic rings. The average molecular weight is 223 g/mol. The van der Waals surface area contributed by atoms with E-state index in [9.17, 15) is 0 Å². The van der Waals surface area contributed by atoms with Crippen LogP contribution in [0.3, 0.4) is 0 Å². The summed E-state index contributed by atoms with van der Waals surface area (Å²) in [6, 6.07) is 0.864. The Morgan fingerprint density at radius 3 is 2.94 bits per heavy atom. The minimum absolute atomic E-state index is 0.816. The van der Waals surface area contributed by atoms with Gasteiger partial charge < -0.3 is 5.32 Å². The van der Waals surface area contributed by atoms with Crippen LogP contribution in [0.4, 0.5) is 0 Å². The number of rotatable bonds is 7. The highest BCUT2D eigenvalue weighted by Gasteiger charge is 2.26. The first-order valence-electron chi connectivity index (χ1n) is 6.09. The third-order valence-corrected chi connectivity index (χ3v) is 3.00. The molecule has 0 aromatic carbocycles. The molecule has 0 unspecified atom stereocenters. The maximum atomic E-state index is 4.04. The van der Waals surface area contributed by atoms with E-state index < -0.39 is 0 Å². The van der Waals surface area contributed by atoms with Crippen LogP contribution < -0.4 is 5.32 Å². The molecule has 0 atom stereocenters. The molecule has 5 heteroatoms. The molecule has 0 aliphatic heterocycles. The third kappa shape index (κ3) is 3.28. The summed E-state index contributed by atoms with van der Waals surface area (Å²) in [6.07, 6.45) is 4.72. The molecule has 0 bridgehead atoms. The Morgan fingerprint density at radius 1 is 1.56 bits per heavy atom. The van der Waals surface area contributed by atoms with E-state index in [1.54, 1.807) is 4.68 Å². The lowest BCUT2D eigenvalue weighted by atomic mass is 10.4. The van der Waals surface area contributed by atoms with Crippen LogP contribution in [0, 0.1) is 0 Å². The molecule has 1 aliphatic rings. The molecular formula is C11H21N5. The Labute approximate surface area is 96.8 Å². The lowest BCUT2D eigenvalue weighted by molar-refractivity contribution is 0.277. The normalized spacial score (nSPS) is 15.9. The van der Waals surface area contributed by atoms with Crippen molar-refractivity contribution >= 4 is 0 Å². The number of nitrogens with zero attached hydrogens (tertiary/aromatic N) is 4. The molecule has 1 N–H and O–H groups in total. The summed E-state index contributed by atoms with van der Waals surface area (Å²) < 4.78 is 1.74. The zero-order valence-electron chi connectivity index (χ0n) is 10.2. The highest BCUT2D eigenvalue weighted by molar-refractivity contribution is 4.91. The zero-order chi connectivity index (χ0) is 11.4. The maximum absolute atomic E-state index is 4.04. The molecule has 5 nitrogen and oxygen atoms in total. The van der Waals surface area contributed by atoms with Crippen molar-refractivity contribution < 1.29 is 0 Å². The minimum atomic E-state index is 0.816. The maximum Gasteiger partial charge on any atom is 0.0964 e. The van der Waals surface area contributed by atoms with Crippen molar-refractivity contribution in [2.24, 2.45) is 7.05 Å². The van der Waals surface area contributed by atoms with Crippen molar-refractivity contribution in [2.75, 3.05) is 19.6 Å². The van der Waals surface area contributed by atoms with E-state index in [-0.39, 0.29) is 0 Å². The fourth-order valence-corrected chi connectivity index (χ4v) is 1.95. The van der Waals surface area contributed by atoms with E-state index in [0.717, 1.165) is 37.9 Å². The van der Waals surface area contributed by atoms with Gasteiger partial charge in [-0.2, -0.15) is 0 Å². The lowest BCUT2D eigenvalue weighted by Crippen LogP contribution is -2.33. The molecule has 1 fully saturated rings. The van der Waals surface area contributed by atoms with Crippen molar-refractivity contribution in [1.29, 1.82) is 0 Å². The number of likely N-dealkylation sites (N-methyl/N-ethyl adjacent to an activating group) is 1. The number of aromatic nitrogens is 3. The van der Waals surface area contributed by atoms with Crippen LogP contribution in [0.1, 0.15) is 25.5 Å². The number of hydrogen-bond acceptors (Lipinski definition) is 4. The Balaban J connectivity index is 1.60. The van der Waals surface area contributed by atoms with Crippen LogP contribution in [-0.2, 0) is 13.6 Å². The molecular weight excluding hydrogens is 202 g/mol. The summed E-state index contributed by atoms with van der Waals surface area (Å²) >= 11 is 0. The Morgan fingerprint density at radius 2 is 2.38 bits per heavy atom. The standard InChI is InChI=1S/C11H21N5/c1-3-16(11-4-5-11)7-6-12-8-10-9-15(2)14-13-10/h9,11-12H,3-8H2,1-2H3. The molecule has 0 radical (unpaired) electrons. The van der Waals surface area contributed by atoms with Crippen molar-refractivity contribution in [1.82, 2.24) is 25.2 Å². The van der Waals surface area contributed by atoms with E-state index >= 15 is 0 Å². The largest absolute Gasteiger partial charge is 0.310 e. The van der Waals surface area contributed by atoms with E-state index in [1.807, 2.05) is 13.2 Å². The summed E-state index contributed by atoms with van der Waals surface area (Å²) in [4.78, 5) is 2.55. The predicted molar refractivity (Wildman–Crippen MR) is 63.0 cm³/mol. The van der Waals surface area contributed by atoms with Gasteiger partial charge in [-0.15, -0.1) is 5.10 Å². The predicted octanol–water partition coefficient (Wildman–Crippen LogP) is 0.389. The smallest absolute Gasteiger partial charge is 0.0964 e. The molecule has 0 amide bonds. The van der Waals surface area contributed by atoms with Crippen molar-refractivity contribution in [3.05, 3.63) is 11.9 Å². The van der Waals surface area contributed by atoms with Crippen LogP contribution in [0.25, 0.3) is 0 Å². The van der Waals surface area contributed by atoms with Gasteiger partial charge in [0.1, 0.15) is 0 Å². The molecule has 90 valence electrons. The van der Waals surface area contributed by atoms with Crippen molar-refractivity contribution in [3.63, 3.8) is 0 Å². The van der Waals surface area contributed by atoms with Gasteiger partial charge in [-0.1, -0.05) is 12.1 Å². The Hall–Kier alpha value is -0.940. The van der Waals surface area contributed by atoms with Gasteiger partial charge in [-0.3, -0.25) is 9.58 Å². The molecule has 1 heterocycles. The van der Waals surface area contributed by atoms with Gasteiger partial charge >= 0.3 is 0 Å². The van der Waals surface area contributed by atoms with E-state index in [2.05, 4.69) is 27.5 Å². The fourth-order valence-electron chi connectivity index (χ4n) is 1.95. The van der Waals surface area contributed by atoms with Gasteiger partial charge in [0.25, 0.3) is 0 Å². The second kappa shape index (κ2) is 5.41. The first-order valence-corrected chi connectivity index (χ1v) is 6.09. The summed E-state index contributed by atoms with van der Waals surface area (Å²) in [7, 11) is 1.89. The lowest BCUT2D eigenvalue weighted by Gasteiger charge is -2.19. The average Bonchev–Trinajstić information content (AvgIpc) is 3.03. The van der Waals surface area contributed by atoms with Gasteiger partial charge in [0, 0.05) is 38.9 Å². The van der Waals surface area contributed by atoms with Crippen molar-refractivity contribution in [2.45, 2.75) is 32.4 Å². The minimum Gasteiger partial charge on any atom is -0.310 e. The number of aryl methyl sites for hydroxylation is 1. The van der Waals surface area contributed by atoms with Gasteiger partial charge in [-0.25, -0.2) is 0 Å². The molecule has 16 heavy (non-hydrogen) atoms. The van der Waals surface area contributed by atoms with Crippen LogP contribution >= 0.6 is 0 Å². The second-order valence-electron chi connectivity index (χ2n) is 4.42. The van der Waals surface area contributed by atoms with E-state index in [4.69, 9.17) is 0 Å². The fraction of sp³-hybridized carbons (Fsp3) is 0.818. The summed E-state index contributed by atoms with van der Waals surface area (Å²) in [5.74, 6) is 0. The van der Waals surface area contributed by atoms with Crippen molar-refractivity contribution in [3.8, 4) is 0 Å². The first kappa shape index (κ1) is 11.5. The summed E-state index contributed by atoms with van der Waals surface area (Å²) in [5.41, 5.74) is 1.01. The zero-order valence-corrected chi connectivity index (χ0v) is 10.2. The molecule has 0 spiro atoms. The quantitative estimate of drug-likeness (QED) is 0.679. The van der Waals surface area contributed by atoms with Gasteiger partial charge in [0.15, 0.2) is 0 Å². The molecule has 2 rings (SSSR count). The third-order valence-electron chi connectivity index (χ3n) is 3.00. The number of nitrogens with one attached hydrogen (secondary N) is 1.